The number of ether oxygens (including phenoxy) is 1. The molecule has 2 aromatic carbocycles. The van der Waals surface area contributed by atoms with Gasteiger partial charge in [-0.15, -0.1) is 0 Å². The number of carbonyl (C=O) groups excluding carboxylic acids is 1. The van der Waals surface area contributed by atoms with Gasteiger partial charge in [-0.3, -0.25) is 4.79 Å². The Morgan fingerprint density at radius 1 is 1.05 bits per heavy atom. The van der Waals surface area contributed by atoms with Gasteiger partial charge in [-0.1, -0.05) is 36.4 Å². The molecule has 0 unspecified atom stereocenters. The second-order valence-electron chi connectivity index (χ2n) is 5.19. The van der Waals surface area contributed by atoms with Gasteiger partial charge in [0.15, 0.2) is 5.78 Å². The lowest BCUT2D eigenvalue weighted by Crippen LogP contribution is -2.13. The minimum Gasteiger partial charge on any atom is -0.490 e. The van der Waals surface area contributed by atoms with E-state index in [1.807, 2.05) is 56.3 Å². The van der Waals surface area contributed by atoms with Crippen LogP contribution in [0.25, 0.3) is 0 Å². The molecule has 0 radical (unpaired) electrons. The summed E-state index contributed by atoms with van der Waals surface area (Å²) in [5.41, 5.74) is 7.89. The van der Waals surface area contributed by atoms with Crippen molar-refractivity contribution in [1.82, 2.24) is 0 Å². The Bertz CT molecular complexity index is 620. The highest BCUT2D eigenvalue weighted by molar-refractivity contribution is 6.11. The molecule has 2 aromatic rings. The number of hydrogen-bond acceptors (Lipinski definition) is 3. The van der Waals surface area contributed by atoms with E-state index in [0.29, 0.717) is 29.8 Å². The van der Waals surface area contributed by atoms with Crippen molar-refractivity contribution >= 4 is 5.78 Å². The fourth-order valence-electron chi connectivity index (χ4n) is 2.27. The number of carbonyl (C=O) groups is 1. The molecular weight excluding hydrogens is 262 g/mol. The summed E-state index contributed by atoms with van der Waals surface area (Å²) in [4.78, 5) is 12.8. The van der Waals surface area contributed by atoms with Gasteiger partial charge >= 0.3 is 0 Å². The first-order valence-electron chi connectivity index (χ1n) is 7.22. The van der Waals surface area contributed by atoms with Crippen LogP contribution in [0, 0.1) is 0 Å². The quantitative estimate of drug-likeness (QED) is 0.828. The predicted molar refractivity (Wildman–Crippen MR) is 84.8 cm³/mol. The highest BCUT2D eigenvalue weighted by Crippen LogP contribution is 2.24. The van der Waals surface area contributed by atoms with Crippen molar-refractivity contribution in [3.05, 3.63) is 65.2 Å². The number of nitrogens with two attached hydrogens (primary N) is 1. The van der Waals surface area contributed by atoms with Crippen LogP contribution >= 0.6 is 0 Å². The summed E-state index contributed by atoms with van der Waals surface area (Å²) in [6.45, 7) is 4.42. The lowest BCUT2D eigenvalue weighted by atomic mass is 9.96. The van der Waals surface area contributed by atoms with Crippen LogP contribution in [0.15, 0.2) is 48.5 Å². The Morgan fingerprint density at radius 3 is 2.33 bits per heavy atom. The average molecular weight is 283 g/mol. The number of para-hydroxylation sites is 1. The zero-order valence-corrected chi connectivity index (χ0v) is 12.5. The van der Waals surface area contributed by atoms with Crippen LogP contribution < -0.4 is 10.5 Å². The molecule has 3 heteroatoms. The summed E-state index contributed by atoms with van der Waals surface area (Å²) in [6.07, 6.45) is 0.716. The van der Waals surface area contributed by atoms with Crippen LogP contribution in [0.5, 0.6) is 5.75 Å². The number of benzene rings is 2. The van der Waals surface area contributed by atoms with E-state index >= 15 is 0 Å². The molecule has 21 heavy (non-hydrogen) atoms. The van der Waals surface area contributed by atoms with E-state index < -0.39 is 0 Å². The normalized spacial score (nSPS) is 10.7. The molecule has 3 nitrogen and oxygen atoms in total. The molecule has 0 bridgehead atoms. The Kier molecular flexibility index (Phi) is 5.12. The second kappa shape index (κ2) is 7.04. The molecule has 0 heterocycles. The summed E-state index contributed by atoms with van der Waals surface area (Å²) < 4.78 is 5.74. The van der Waals surface area contributed by atoms with Gasteiger partial charge < -0.3 is 10.5 Å². The van der Waals surface area contributed by atoms with Crippen LogP contribution in [-0.4, -0.2) is 18.4 Å². The van der Waals surface area contributed by atoms with Crippen molar-refractivity contribution in [2.24, 2.45) is 5.73 Å². The molecule has 0 aromatic heterocycles. The van der Waals surface area contributed by atoms with Crippen LogP contribution in [-0.2, 0) is 6.42 Å². The smallest absolute Gasteiger partial charge is 0.197 e. The summed E-state index contributed by atoms with van der Waals surface area (Å²) >= 11 is 0. The molecule has 2 rings (SSSR count). The molecule has 0 saturated carbocycles. The number of ketones is 1. The van der Waals surface area contributed by atoms with Crippen molar-refractivity contribution in [2.75, 3.05) is 6.54 Å². The molecule has 2 N–H and O–H groups in total. The van der Waals surface area contributed by atoms with Gasteiger partial charge in [-0.25, -0.2) is 0 Å². The maximum Gasteiger partial charge on any atom is 0.197 e. The lowest BCUT2D eigenvalue weighted by Gasteiger charge is -2.14. The first-order chi connectivity index (χ1) is 10.1. The fraction of sp³-hybridized carbons (Fsp3) is 0.278. The molecule has 0 fully saturated rings. The first kappa shape index (κ1) is 15.3. The predicted octanol–water partition coefficient (Wildman–Crippen LogP) is 3.21. The summed E-state index contributed by atoms with van der Waals surface area (Å²) in [5, 5.41) is 0. The van der Waals surface area contributed by atoms with E-state index in [9.17, 15) is 4.79 Å². The van der Waals surface area contributed by atoms with Gasteiger partial charge in [0.25, 0.3) is 0 Å². The van der Waals surface area contributed by atoms with Crippen molar-refractivity contribution in [1.29, 1.82) is 0 Å². The van der Waals surface area contributed by atoms with Gasteiger partial charge in [-0.05, 0) is 44.5 Å². The number of hydrogen-bond donors (Lipinski definition) is 1. The molecule has 0 saturated heterocycles. The maximum atomic E-state index is 12.8. The van der Waals surface area contributed by atoms with Crippen molar-refractivity contribution < 1.29 is 9.53 Å². The van der Waals surface area contributed by atoms with E-state index in [4.69, 9.17) is 10.5 Å². The van der Waals surface area contributed by atoms with Crippen LogP contribution in [0.4, 0.5) is 0 Å². The van der Waals surface area contributed by atoms with Gasteiger partial charge in [-0.2, -0.15) is 0 Å². The molecule has 0 amide bonds. The Morgan fingerprint density at radius 2 is 1.67 bits per heavy atom. The summed E-state index contributed by atoms with van der Waals surface area (Å²) in [5.74, 6) is 0.607. The standard InChI is InChI=1S/C18H21NO2/c1-13(2)21-17-10-6-5-9-16(17)18(20)15-8-4-3-7-14(15)11-12-19/h3-10,13H,11-12,19H2,1-2H3. The average Bonchev–Trinajstić information content (AvgIpc) is 2.47. The van der Waals surface area contributed by atoms with E-state index in [-0.39, 0.29) is 11.9 Å². The van der Waals surface area contributed by atoms with Crippen molar-refractivity contribution in [2.45, 2.75) is 26.4 Å². The van der Waals surface area contributed by atoms with Crippen LogP contribution in [0.3, 0.4) is 0 Å². The molecule has 0 atom stereocenters. The minimum atomic E-state index is -0.0182. The Balaban J connectivity index is 2.41. The Labute approximate surface area is 125 Å². The lowest BCUT2D eigenvalue weighted by molar-refractivity contribution is 0.103. The number of rotatable bonds is 6. The van der Waals surface area contributed by atoms with Crippen LogP contribution in [0.2, 0.25) is 0 Å². The molecule has 0 aliphatic carbocycles. The molecule has 0 aliphatic heterocycles. The zero-order chi connectivity index (χ0) is 15.2. The summed E-state index contributed by atoms with van der Waals surface area (Å²) in [6, 6.07) is 15.0. The maximum absolute atomic E-state index is 12.8. The minimum absolute atomic E-state index is 0.0182. The second-order valence-corrected chi connectivity index (χ2v) is 5.19. The summed E-state index contributed by atoms with van der Waals surface area (Å²) in [7, 11) is 0. The van der Waals surface area contributed by atoms with Gasteiger partial charge in [0.1, 0.15) is 5.75 Å². The third-order valence-corrected chi connectivity index (χ3v) is 3.17. The third-order valence-electron chi connectivity index (χ3n) is 3.17. The van der Waals surface area contributed by atoms with Crippen LogP contribution in [0.1, 0.15) is 35.3 Å². The van der Waals surface area contributed by atoms with E-state index in [1.165, 1.54) is 0 Å². The highest BCUT2D eigenvalue weighted by Gasteiger charge is 2.17. The van der Waals surface area contributed by atoms with Gasteiger partial charge in [0, 0.05) is 5.56 Å². The van der Waals surface area contributed by atoms with Gasteiger partial charge in [0.05, 0.1) is 11.7 Å². The van der Waals surface area contributed by atoms with Crippen molar-refractivity contribution in [3.8, 4) is 5.75 Å². The fourth-order valence-corrected chi connectivity index (χ4v) is 2.27. The SMILES string of the molecule is CC(C)Oc1ccccc1C(=O)c1ccccc1CCN. The monoisotopic (exact) mass is 283 g/mol. The van der Waals surface area contributed by atoms with Crippen molar-refractivity contribution in [3.63, 3.8) is 0 Å². The molecule has 110 valence electrons. The van der Waals surface area contributed by atoms with E-state index in [2.05, 4.69) is 0 Å². The van der Waals surface area contributed by atoms with E-state index in [1.54, 1.807) is 6.07 Å². The third kappa shape index (κ3) is 3.70. The van der Waals surface area contributed by atoms with Gasteiger partial charge in [0.2, 0.25) is 0 Å². The van der Waals surface area contributed by atoms with E-state index in [0.717, 1.165) is 5.56 Å². The largest absolute Gasteiger partial charge is 0.490 e. The molecular formula is C18H21NO2. The molecule has 0 spiro atoms. The Hall–Kier alpha value is -2.13. The molecule has 0 aliphatic rings. The first-order valence-corrected chi connectivity index (χ1v) is 7.22. The zero-order valence-electron chi connectivity index (χ0n) is 12.5. The topological polar surface area (TPSA) is 52.3 Å². The highest BCUT2D eigenvalue weighted by atomic mass is 16.5.